The normalized spacial score (nSPS) is 6.80. The van der Waals surface area contributed by atoms with Gasteiger partial charge in [0, 0.05) is 0 Å². The second-order valence-corrected chi connectivity index (χ2v) is 1.29. The highest BCUT2D eigenvalue weighted by atomic mass is 16.4. The molecule has 0 spiro atoms. The minimum Gasteiger partial charge on any atom is -0.481 e. The third-order valence-electron chi connectivity index (χ3n) is 0.553. The van der Waals surface area contributed by atoms with Crippen molar-refractivity contribution >= 4 is 11.9 Å². The average molecular weight is 150 g/mol. The molecule has 0 saturated heterocycles. The molecular formula is C6H14O4. The summed E-state index contributed by atoms with van der Waals surface area (Å²) < 4.78 is 0. The first-order chi connectivity index (χ1) is 3.63. The predicted octanol–water partition coefficient (Wildman–Crippen LogP) is 1.21. The van der Waals surface area contributed by atoms with Crippen LogP contribution in [-0.4, -0.2) is 22.2 Å². The zero-order chi connectivity index (χ0) is 6.57. The molecule has 0 aliphatic heterocycles. The summed E-state index contributed by atoms with van der Waals surface area (Å²) in [6.45, 7) is 0. The molecule has 0 aromatic heterocycles. The lowest BCUT2D eigenvalue weighted by Crippen LogP contribution is -2.00. The maximum Gasteiger partial charge on any atom is 0.303 e. The summed E-state index contributed by atoms with van der Waals surface area (Å²) in [6, 6.07) is 0. The smallest absolute Gasteiger partial charge is 0.303 e. The van der Waals surface area contributed by atoms with Crippen molar-refractivity contribution in [1.82, 2.24) is 0 Å². The number of carboxylic acids is 2. The number of carbonyl (C=O) groups is 2. The third kappa shape index (κ3) is 15.8. The van der Waals surface area contributed by atoms with Gasteiger partial charge in [-0.2, -0.15) is 0 Å². The van der Waals surface area contributed by atoms with Crippen molar-refractivity contribution in [3.8, 4) is 0 Å². The molecular weight excluding hydrogens is 136 g/mol. The van der Waals surface area contributed by atoms with Crippen molar-refractivity contribution in [3.63, 3.8) is 0 Å². The summed E-state index contributed by atoms with van der Waals surface area (Å²) in [6.07, 6.45) is -0.593. The molecule has 0 aromatic carbocycles. The van der Waals surface area contributed by atoms with E-state index in [0.29, 0.717) is 0 Å². The summed E-state index contributed by atoms with van der Waals surface area (Å²) >= 11 is 0. The Bertz CT molecular complexity index is 94.3. The lowest BCUT2D eigenvalue weighted by Gasteiger charge is -1.85. The van der Waals surface area contributed by atoms with Crippen molar-refractivity contribution in [2.24, 2.45) is 0 Å². The van der Waals surface area contributed by atoms with Crippen LogP contribution in [0.1, 0.15) is 27.7 Å². The Morgan fingerprint density at radius 2 is 1.10 bits per heavy atom. The molecule has 0 aromatic rings. The summed E-state index contributed by atoms with van der Waals surface area (Å²) in [5, 5.41) is 15.8. The Hall–Kier alpha value is -1.06. The molecule has 0 unspecified atom stereocenters. The fourth-order valence-corrected chi connectivity index (χ4v) is 0.214. The highest BCUT2D eigenvalue weighted by Crippen LogP contribution is 1.85. The van der Waals surface area contributed by atoms with E-state index >= 15 is 0 Å². The predicted molar refractivity (Wildman–Crippen MR) is 38.0 cm³/mol. The molecule has 0 aliphatic rings. The van der Waals surface area contributed by atoms with Crippen LogP contribution in [0.3, 0.4) is 0 Å². The first-order valence-corrected chi connectivity index (χ1v) is 2.06. The lowest BCUT2D eigenvalue weighted by atomic mass is 10.3. The van der Waals surface area contributed by atoms with Gasteiger partial charge in [0.05, 0.1) is 12.8 Å². The third-order valence-corrected chi connectivity index (χ3v) is 0.553. The van der Waals surface area contributed by atoms with E-state index in [0.717, 1.165) is 0 Å². The number of rotatable bonds is 3. The molecule has 0 heterocycles. The molecule has 2 N–H and O–H groups in total. The van der Waals surface area contributed by atoms with Gasteiger partial charge in [-0.1, -0.05) is 14.9 Å². The molecule has 10 heavy (non-hydrogen) atoms. The van der Waals surface area contributed by atoms with E-state index in [1.165, 1.54) is 0 Å². The van der Waals surface area contributed by atoms with Crippen molar-refractivity contribution in [3.05, 3.63) is 0 Å². The van der Waals surface area contributed by atoms with Crippen LogP contribution >= 0.6 is 0 Å². The zero-order valence-corrected chi connectivity index (χ0v) is 4.13. The minimum atomic E-state index is -1.08. The van der Waals surface area contributed by atoms with Crippen LogP contribution in [0, 0.1) is 0 Å². The molecule has 0 fully saturated rings. The van der Waals surface area contributed by atoms with Crippen LogP contribution in [0.5, 0.6) is 0 Å². The van der Waals surface area contributed by atoms with Gasteiger partial charge in [0.25, 0.3) is 0 Å². The maximum atomic E-state index is 9.64. The molecule has 0 aliphatic carbocycles. The molecule has 4 nitrogen and oxygen atoms in total. The highest BCUT2D eigenvalue weighted by molar-refractivity contribution is 5.75. The monoisotopic (exact) mass is 150 g/mol. The van der Waals surface area contributed by atoms with Crippen molar-refractivity contribution < 1.29 is 19.8 Å². The maximum absolute atomic E-state index is 9.64. The van der Waals surface area contributed by atoms with Crippen LogP contribution in [-0.2, 0) is 9.59 Å². The van der Waals surface area contributed by atoms with E-state index in [4.69, 9.17) is 10.2 Å². The Kier molecular flexibility index (Phi) is 12.7. The van der Waals surface area contributed by atoms with Gasteiger partial charge in [-0.25, -0.2) is 0 Å². The number of hydrogen-bond acceptors (Lipinski definition) is 2. The van der Waals surface area contributed by atoms with Gasteiger partial charge in [-0.15, -0.1) is 0 Å². The van der Waals surface area contributed by atoms with Crippen LogP contribution < -0.4 is 0 Å². The largest absolute Gasteiger partial charge is 0.481 e. The average Bonchev–Trinajstić information content (AvgIpc) is 1.61. The fourth-order valence-electron chi connectivity index (χ4n) is 0.214. The molecule has 0 amide bonds. The molecule has 0 bridgehead atoms. The Labute approximate surface area is 60.5 Å². The number of aliphatic carboxylic acids is 2. The van der Waals surface area contributed by atoms with Gasteiger partial charge in [0.2, 0.25) is 0 Å². The lowest BCUT2D eigenvalue weighted by molar-refractivity contribution is -0.143. The topological polar surface area (TPSA) is 74.6 Å². The molecule has 4 heteroatoms. The summed E-state index contributed by atoms with van der Waals surface area (Å²) in [5.74, 6) is -2.15. The Balaban J connectivity index is -0.000000245. The minimum absolute atomic E-state index is 0. The van der Waals surface area contributed by atoms with Crippen LogP contribution in [0.15, 0.2) is 0 Å². The van der Waals surface area contributed by atoms with E-state index in [2.05, 4.69) is 0 Å². The quantitative estimate of drug-likeness (QED) is 0.634. The summed E-state index contributed by atoms with van der Waals surface area (Å²) in [5.41, 5.74) is 0. The van der Waals surface area contributed by atoms with Crippen LogP contribution in [0.2, 0.25) is 0 Å². The molecule has 62 valence electrons. The molecule has 0 radical (unpaired) electrons. The summed E-state index contributed by atoms with van der Waals surface area (Å²) in [7, 11) is 0. The van der Waals surface area contributed by atoms with Gasteiger partial charge in [-0.3, -0.25) is 9.59 Å². The number of hydrogen-bond donors (Lipinski definition) is 2. The van der Waals surface area contributed by atoms with Crippen molar-refractivity contribution in [1.29, 1.82) is 0 Å². The standard InChI is InChI=1S/C4H6O4.2CH4/c5-3(6)1-2-4(7)8;;/h1-2H2,(H,5,6)(H,7,8);2*1H4. The van der Waals surface area contributed by atoms with Gasteiger partial charge in [0.1, 0.15) is 0 Å². The SMILES string of the molecule is C.C.O=C(O)CCC(=O)O. The second kappa shape index (κ2) is 7.94. The van der Waals surface area contributed by atoms with Crippen molar-refractivity contribution in [2.45, 2.75) is 27.7 Å². The van der Waals surface area contributed by atoms with Crippen molar-refractivity contribution in [2.75, 3.05) is 0 Å². The van der Waals surface area contributed by atoms with E-state index in [1.54, 1.807) is 0 Å². The fraction of sp³-hybridized carbons (Fsp3) is 0.667. The van der Waals surface area contributed by atoms with E-state index < -0.39 is 11.9 Å². The first-order valence-electron chi connectivity index (χ1n) is 2.06. The first kappa shape index (κ1) is 16.0. The number of carboxylic acid groups (broad SMARTS) is 2. The highest BCUT2D eigenvalue weighted by Gasteiger charge is 2.00. The van der Waals surface area contributed by atoms with Crippen LogP contribution in [0.4, 0.5) is 0 Å². The zero-order valence-electron chi connectivity index (χ0n) is 4.13. The Morgan fingerprint density at radius 1 is 0.900 bits per heavy atom. The second-order valence-electron chi connectivity index (χ2n) is 1.29. The van der Waals surface area contributed by atoms with Crippen LogP contribution in [0.25, 0.3) is 0 Å². The summed E-state index contributed by atoms with van der Waals surface area (Å²) in [4.78, 5) is 19.3. The van der Waals surface area contributed by atoms with E-state index in [1.807, 2.05) is 0 Å². The molecule has 0 atom stereocenters. The van der Waals surface area contributed by atoms with Gasteiger partial charge >= 0.3 is 11.9 Å². The van der Waals surface area contributed by atoms with E-state index in [-0.39, 0.29) is 27.7 Å². The Morgan fingerprint density at radius 3 is 1.20 bits per heavy atom. The molecule has 0 rings (SSSR count). The van der Waals surface area contributed by atoms with E-state index in [9.17, 15) is 9.59 Å². The van der Waals surface area contributed by atoms with Gasteiger partial charge in [0.15, 0.2) is 0 Å². The van der Waals surface area contributed by atoms with Gasteiger partial charge in [-0.05, 0) is 0 Å². The molecule has 0 saturated carbocycles. The van der Waals surface area contributed by atoms with Gasteiger partial charge < -0.3 is 10.2 Å².